The number of hydrogen-bond acceptors (Lipinski definition) is 2. The smallest absolute Gasteiger partial charge is 0.274 e. The zero-order valence-electron chi connectivity index (χ0n) is 10.2. The molecule has 0 atom stereocenters. The highest BCUT2D eigenvalue weighted by Gasteiger charge is 2.35. The molecular formula is C14H9F3N2O. The average Bonchev–Trinajstić information content (AvgIpc) is 2.73. The molecule has 0 radical (unpaired) electrons. The fourth-order valence-electron chi connectivity index (χ4n) is 2.24. The Kier molecular flexibility index (Phi) is 2.74. The summed E-state index contributed by atoms with van der Waals surface area (Å²) in [5, 5.41) is 0. The predicted octanol–water partition coefficient (Wildman–Crippen LogP) is 3.32. The number of rotatable bonds is 1. The first-order valence-corrected chi connectivity index (χ1v) is 5.91. The second-order valence-corrected chi connectivity index (χ2v) is 4.44. The highest BCUT2D eigenvalue weighted by Crippen LogP contribution is 2.38. The lowest BCUT2D eigenvalue weighted by molar-refractivity contribution is -0.137. The molecule has 3 nitrogen and oxygen atoms in total. The van der Waals surface area contributed by atoms with Crippen LogP contribution in [0.4, 0.5) is 24.7 Å². The minimum atomic E-state index is -4.41. The van der Waals surface area contributed by atoms with Gasteiger partial charge in [-0.25, -0.2) is 4.98 Å². The largest absolute Gasteiger partial charge is 0.416 e. The average molecular weight is 278 g/mol. The molecule has 0 spiro atoms. The zero-order valence-corrected chi connectivity index (χ0v) is 10.2. The topological polar surface area (TPSA) is 33.2 Å². The summed E-state index contributed by atoms with van der Waals surface area (Å²) in [6.07, 6.45) is -2.92. The Balaban J connectivity index is 2.06. The van der Waals surface area contributed by atoms with E-state index in [4.69, 9.17) is 0 Å². The second kappa shape index (κ2) is 4.33. The molecule has 2 aromatic rings. The van der Waals surface area contributed by atoms with E-state index in [1.807, 2.05) is 0 Å². The predicted molar refractivity (Wildman–Crippen MR) is 66.5 cm³/mol. The first-order valence-electron chi connectivity index (χ1n) is 5.91. The van der Waals surface area contributed by atoms with Crippen LogP contribution in [0.1, 0.15) is 11.1 Å². The van der Waals surface area contributed by atoms with E-state index in [0.717, 1.165) is 12.1 Å². The Hall–Kier alpha value is -2.37. The third-order valence-corrected chi connectivity index (χ3v) is 3.12. The van der Waals surface area contributed by atoms with Gasteiger partial charge >= 0.3 is 6.18 Å². The summed E-state index contributed by atoms with van der Waals surface area (Å²) in [4.78, 5) is 17.4. The summed E-state index contributed by atoms with van der Waals surface area (Å²) >= 11 is 0. The van der Waals surface area contributed by atoms with Crippen LogP contribution in [-0.2, 0) is 17.4 Å². The van der Waals surface area contributed by atoms with Gasteiger partial charge in [-0.05, 0) is 35.9 Å². The van der Waals surface area contributed by atoms with E-state index in [9.17, 15) is 18.0 Å². The standard InChI is InChI=1S/C14H9F3N2O/c15-14(16,17)10-4-5-11-9(7-10)8-13(20)19(11)12-3-1-2-6-18-12/h1-7H,8H2. The summed E-state index contributed by atoms with van der Waals surface area (Å²) in [6, 6.07) is 8.39. The Morgan fingerprint density at radius 2 is 1.95 bits per heavy atom. The van der Waals surface area contributed by atoms with E-state index in [2.05, 4.69) is 4.98 Å². The van der Waals surface area contributed by atoms with Crippen molar-refractivity contribution in [2.75, 3.05) is 4.90 Å². The number of amides is 1. The van der Waals surface area contributed by atoms with Crippen LogP contribution in [0.15, 0.2) is 42.6 Å². The molecule has 0 fully saturated rings. The molecule has 0 saturated carbocycles. The number of carbonyl (C=O) groups is 1. The van der Waals surface area contributed by atoms with E-state index in [0.29, 0.717) is 17.1 Å². The van der Waals surface area contributed by atoms with E-state index < -0.39 is 11.7 Å². The van der Waals surface area contributed by atoms with Crippen LogP contribution < -0.4 is 4.90 Å². The first-order chi connectivity index (χ1) is 9.47. The molecule has 0 bridgehead atoms. The minimum absolute atomic E-state index is 0.0458. The molecule has 0 unspecified atom stereocenters. The van der Waals surface area contributed by atoms with E-state index >= 15 is 0 Å². The summed E-state index contributed by atoms with van der Waals surface area (Å²) in [6.45, 7) is 0. The number of aromatic nitrogens is 1. The molecule has 0 saturated heterocycles. The molecule has 2 heterocycles. The Morgan fingerprint density at radius 3 is 2.60 bits per heavy atom. The Morgan fingerprint density at radius 1 is 1.15 bits per heavy atom. The molecule has 1 aliphatic heterocycles. The Bertz CT molecular complexity index is 668. The van der Waals surface area contributed by atoms with Gasteiger partial charge < -0.3 is 0 Å². The number of fused-ring (bicyclic) bond motifs is 1. The number of anilines is 2. The molecule has 6 heteroatoms. The maximum absolute atomic E-state index is 12.7. The van der Waals surface area contributed by atoms with Crippen molar-refractivity contribution in [3.8, 4) is 0 Å². The van der Waals surface area contributed by atoms with Crippen LogP contribution in [0.2, 0.25) is 0 Å². The molecule has 1 aliphatic rings. The highest BCUT2D eigenvalue weighted by atomic mass is 19.4. The van der Waals surface area contributed by atoms with Crippen LogP contribution in [0, 0.1) is 0 Å². The van der Waals surface area contributed by atoms with Crippen LogP contribution in [-0.4, -0.2) is 10.9 Å². The maximum Gasteiger partial charge on any atom is 0.416 e. The molecular weight excluding hydrogens is 269 g/mol. The molecule has 3 rings (SSSR count). The third-order valence-electron chi connectivity index (χ3n) is 3.12. The lowest BCUT2D eigenvalue weighted by Crippen LogP contribution is -2.21. The lowest BCUT2D eigenvalue weighted by atomic mass is 10.1. The van der Waals surface area contributed by atoms with Crippen LogP contribution >= 0.6 is 0 Å². The molecule has 20 heavy (non-hydrogen) atoms. The van der Waals surface area contributed by atoms with Gasteiger partial charge in [0, 0.05) is 6.20 Å². The van der Waals surface area contributed by atoms with Crippen molar-refractivity contribution in [1.29, 1.82) is 0 Å². The van der Waals surface area contributed by atoms with Crippen LogP contribution in [0.3, 0.4) is 0 Å². The number of pyridine rings is 1. The fourth-order valence-corrected chi connectivity index (χ4v) is 2.24. The zero-order chi connectivity index (χ0) is 14.3. The number of nitrogens with zero attached hydrogens (tertiary/aromatic N) is 2. The van der Waals surface area contributed by atoms with Crippen molar-refractivity contribution < 1.29 is 18.0 Å². The first kappa shape index (κ1) is 12.7. The Labute approximate surface area is 112 Å². The van der Waals surface area contributed by atoms with Gasteiger partial charge in [-0.1, -0.05) is 6.07 Å². The monoisotopic (exact) mass is 278 g/mol. The molecule has 102 valence electrons. The third kappa shape index (κ3) is 2.03. The second-order valence-electron chi connectivity index (χ2n) is 4.44. The molecule has 1 aromatic heterocycles. The number of carbonyl (C=O) groups excluding carboxylic acids is 1. The van der Waals surface area contributed by atoms with Gasteiger partial charge in [0.15, 0.2) is 0 Å². The van der Waals surface area contributed by atoms with Crippen LogP contribution in [0.5, 0.6) is 0 Å². The van der Waals surface area contributed by atoms with Gasteiger partial charge in [-0.3, -0.25) is 9.69 Å². The highest BCUT2D eigenvalue weighted by molar-refractivity contribution is 6.06. The molecule has 1 aromatic carbocycles. The van der Waals surface area contributed by atoms with Gasteiger partial charge in [0.1, 0.15) is 5.82 Å². The number of alkyl halides is 3. The van der Waals surface area contributed by atoms with Gasteiger partial charge in [-0.15, -0.1) is 0 Å². The van der Waals surface area contributed by atoms with Crippen molar-refractivity contribution in [3.63, 3.8) is 0 Å². The maximum atomic E-state index is 12.7. The van der Waals surface area contributed by atoms with Crippen molar-refractivity contribution in [1.82, 2.24) is 4.98 Å². The number of halogens is 3. The van der Waals surface area contributed by atoms with E-state index in [1.165, 1.54) is 17.2 Å². The van der Waals surface area contributed by atoms with E-state index in [-0.39, 0.29) is 12.3 Å². The summed E-state index contributed by atoms with van der Waals surface area (Å²) in [7, 11) is 0. The lowest BCUT2D eigenvalue weighted by Gasteiger charge is -2.16. The fraction of sp³-hybridized carbons (Fsp3) is 0.143. The SMILES string of the molecule is O=C1Cc2cc(C(F)(F)F)ccc2N1c1ccccn1. The van der Waals surface area contributed by atoms with Crippen molar-refractivity contribution in [3.05, 3.63) is 53.7 Å². The van der Waals surface area contributed by atoms with Crippen molar-refractivity contribution >= 4 is 17.4 Å². The summed E-state index contributed by atoms with van der Waals surface area (Å²) < 4.78 is 38.0. The van der Waals surface area contributed by atoms with Gasteiger partial charge in [-0.2, -0.15) is 13.2 Å². The quantitative estimate of drug-likeness (QED) is 0.801. The molecule has 0 N–H and O–H groups in total. The molecule has 0 aliphatic carbocycles. The summed E-state index contributed by atoms with van der Waals surface area (Å²) in [5.74, 6) is 0.133. The van der Waals surface area contributed by atoms with Crippen molar-refractivity contribution in [2.24, 2.45) is 0 Å². The minimum Gasteiger partial charge on any atom is -0.274 e. The van der Waals surface area contributed by atoms with E-state index in [1.54, 1.807) is 18.2 Å². The van der Waals surface area contributed by atoms with Crippen LogP contribution in [0.25, 0.3) is 0 Å². The summed E-state index contributed by atoms with van der Waals surface area (Å²) in [5.41, 5.74) is 0.0871. The van der Waals surface area contributed by atoms with Gasteiger partial charge in [0.25, 0.3) is 0 Å². The van der Waals surface area contributed by atoms with Crippen molar-refractivity contribution in [2.45, 2.75) is 12.6 Å². The number of benzene rings is 1. The van der Waals surface area contributed by atoms with Gasteiger partial charge in [0.2, 0.25) is 5.91 Å². The normalized spacial score (nSPS) is 14.6. The molecule has 1 amide bonds. The van der Waals surface area contributed by atoms with Gasteiger partial charge in [0.05, 0.1) is 17.7 Å². The number of hydrogen-bond donors (Lipinski definition) is 0.